The molecule has 0 aromatic heterocycles. The van der Waals surface area contributed by atoms with Crippen LogP contribution in [0.15, 0.2) is 48.5 Å². The van der Waals surface area contributed by atoms with Gasteiger partial charge in [0.25, 0.3) is 0 Å². The summed E-state index contributed by atoms with van der Waals surface area (Å²) < 4.78 is 40.9. The van der Waals surface area contributed by atoms with Crippen LogP contribution in [0.1, 0.15) is 22.8 Å². The fraction of sp³-hybridized carbons (Fsp3) is 0.316. The standard InChI is InChI=1S/C19H21FN2O3S/c1-15(23)17-7-8-19(18(20)13-17)21-9-11-22(12-10-21)26(24,25)14-16-5-3-2-4-6-16/h2-8,13H,9-12,14H2,1H3. The number of rotatable bonds is 5. The monoisotopic (exact) mass is 376 g/mol. The third kappa shape index (κ3) is 4.11. The van der Waals surface area contributed by atoms with Gasteiger partial charge in [-0.1, -0.05) is 30.3 Å². The summed E-state index contributed by atoms with van der Waals surface area (Å²) >= 11 is 0. The van der Waals surface area contributed by atoms with Gasteiger partial charge < -0.3 is 4.90 Å². The van der Waals surface area contributed by atoms with Crippen molar-refractivity contribution in [1.82, 2.24) is 4.31 Å². The number of hydrogen-bond donors (Lipinski definition) is 0. The van der Waals surface area contributed by atoms with E-state index in [2.05, 4.69) is 0 Å². The zero-order valence-electron chi connectivity index (χ0n) is 14.6. The van der Waals surface area contributed by atoms with Crippen LogP contribution in [0, 0.1) is 5.82 Å². The predicted octanol–water partition coefficient (Wildman–Crippen LogP) is 2.68. The van der Waals surface area contributed by atoms with Crippen molar-refractivity contribution in [3.8, 4) is 0 Å². The molecule has 26 heavy (non-hydrogen) atoms. The molecule has 5 nitrogen and oxygen atoms in total. The molecule has 0 unspecified atom stereocenters. The number of piperazine rings is 1. The van der Waals surface area contributed by atoms with Gasteiger partial charge in [-0.15, -0.1) is 0 Å². The first-order valence-corrected chi connectivity index (χ1v) is 10.0. The Morgan fingerprint density at radius 2 is 1.69 bits per heavy atom. The third-order valence-electron chi connectivity index (χ3n) is 4.52. The fourth-order valence-corrected chi connectivity index (χ4v) is 4.58. The number of Topliss-reactive ketones (excluding diaryl/α,β-unsaturated/α-hetero) is 1. The normalized spacial score (nSPS) is 15.8. The minimum atomic E-state index is -3.40. The van der Waals surface area contributed by atoms with Gasteiger partial charge in [-0.2, -0.15) is 4.31 Å². The molecule has 1 aliphatic rings. The quantitative estimate of drug-likeness (QED) is 0.753. The first-order valence-electron chi connectivity index (χ1n) is 8.44. The molecule has 0 N–H and O–H groups in total. The van der Waals surface area contributed by atoms with E-state index >= 15 is 0 Å². The van der Waals surface area contributed by atoms with Crippen molar-refractivity contribution >= 4 is 21.5 Å². The lowest BCUT2D eigenvalue weighted by molar-refractivity contribution is 0.101. The average Bonchev–Trinajstić information content (AvgIpc) is 2.62. The highest BCUT2D eigenvalue weighted by molar-refractivity contribution is 7.88. The lowest BCUT2D eigenvalue weighted by Crippen LogP contribution is -2.49. The Kier molecular flexibility index (Phi) is 5.38. The largest absolute Gasteiger partial charge is 0.367 e. The van der Waals surface area contributed by atoms with Crippen molar-refractivity contribution in [2.24, 2.45) is 0 Å². The predicted molar refractivity (Wildman–Crippen MR) is 99.3 cm³/mol. The van der Waals surface area contributed by atoms with Crippen molar-refractivity contribution in [1.29, 1.82) is 0 Å². The van der Waals surface area contributed by atoms with E-state index in [4.69, 9.17) is 0 Å². The van der Waals surface area contributed by atoms with Crippen molar-refractivity contribution < 1.29 is 17.6 Å². The van der Waals surface area contributed by atoms with E-state index in [1.165, 1.54) is 17.3 Å². The van der Waals surface area contributed by atoms with Crippen LogP contribution in [0.4, 0.5) is 10.1 Å². The van der Waals surface area contributed by atoms with Crippen LogP contribution in [0.5, 0.6) is 0 Å². The summed E-state index contributed by atoms with van der Waals surface area (Å²) in [6.07, 6.45) is 0. The molecule has 1 heterocycles. The van der Waals surface area contributed by atoms with Crippen LogP contribution < -0.4 is 4.90 Å². The molecule has 2 aromatic carbocycles. The lowest BCUT2D eigenvalue weighted by Gasteiger charge is -2.35. The smallest absolute Gasteiger partial charge is 0.218 e. The summed E-state index contributed by atoms with van der Waals surface area (Å²) in [7, 11) is -3.40. The molecule has 2 aromatic rings. The summed E-state index contributed by atoms with van der Waals surface area (Å²) in [5, 5.41) is 0. The molecule has 0 radical (unpaired) electrons. The van der Waals surface area contributed by atoms with Crippen molar-refractivity contribution in [3.05, 3.63) is 65.5 Å². The van der Waals surface area contributed by atoms with Crippen LogP contribution in [0.3, 0.4) is 0 Å². The van der Waals surface area contributed by atoms with E-state index in [9.17, 15) is 17.6 Å². The van der Waals surface area contributed by atoms with Crippen molar-refractivity contribution in [2.75, 3.05) is 31.1 Å². The van der Waals surface area contributed by atoms with Gasteiger partial charge in [-0.05, 0) is 30.7 Å². The molecule has 1 fully saturated rings. The Hall–Kier alpha value is -2.25. The van der Waals surface area contributed by atoms with Gasteiger partial charge in [0, 0.05) is 31.7 Å². The van der Waals surface area contributed by atoms with E-state index in [-0.39, 0.29) is 11.5 Å². The fourth-order valence-electron chi connectivity index (χ4n) is 3.07. The summed E-state index contributed by atoms with van der Waals surface area (Å²) in [5.74, 6) is -0.680. The molecule has 0 amide bonds. The number of nitrogens with zero attached hydrogens (tertiary/aromatic N) is 2. The summed E-state index contributed by atoms with van der Waals surface area (Å²) in [5.41, 5.74) is 1.48. The molecule has 1 saturated heterocycles. The SMILES string of the molecule is CC(=O)c1ccc(N2CCN(S(=O)(=O)Cc3ccccc3)CC2)c(F)c1. The van der Waals surface area contributed by atoms with E-state index in [0.717, 1.165) is 5.56 Å². The number of hydrogen-bond acceptors (Lipinski definition) is 4. The maximum atomic E-state index is 14.3. The van der Waals surface area contributed by atoms with E-state index in [0.29, 0.717) is 37.4 Å². The van der Waals surface area contributed by atoms with Crippen LogP contribution in [-0.2, 0) is 15.8 Å². The summed E-state index contributed by atoms with van der Waals surface area (Å²) in [6, 6.07) is 13.5. The van der Waals surface area contributed by atoms with Crippen LogP contribution in [0.25, 0.3) is 0 Å². The molecule has 0 bridgehead atoms. The van der Waals surface area contributed by atoms with Gasteiger partial charge in [-0.25, -0.2) is 12.8 Å². The maximum absolute atomic E-state index is 14.3. The molecule has 3 rings (SSSR count). The maximum Gasteiger partial charge on any atom is 0.218 e. The Morgan fingerprint density at radius 3 is 2.27 bits per heavy atom. The number of carbonyl (C=O) groups excluding carboxylic acids is 1. The topological polar surface area (TPSA) is 57.7 Å². The van der Waals surface area contributed by atoms with Gasteiger partial charge in [0.1, 0.15) is 5.82 Å². The third-order valence-corrected chi connectivity index (χ3v) is 6.37. The second-order valence-electron chi connectivity index (χ2n) is 6.35. The van der Waals surface area contributed by atoms with Gasteiger partial charge >= 0.3 is 0 Å². The van der Waals surface area contributed by atoms with Crippen molar-refractivity contribution in [3.63, 3.8) is 0 Å². The minimum Gasteiger partial charge on any atom is -0.367 e. The molecular weight excluding hydrogens is 355 g/mol. The molecule has 0 saturated carbocycles. The van der Waals surface area contributed by atoms with E-state index in [1.807, 2.05) is 23.1 Å². The zero-order valence-corrected chi connectivity index (χ0v) is 15.4. The second kappa shape index (κ2) is 7.55. The first-order chi connectivity index (χ1) is 12.4. The summed E-state index contributed by atoms with van der Waals surface area (Å²) in [4.78, 5) is 13.1. The van der Waals surface area contributed by atoms with Crippen LogP contribution in [-0.4, -0.2) is 44.7 Å². The molecule has 138 valence electrons. The van der Waals surface area contributed by atoms with Gasteiger partial charge in [0.2, 0.25) is 10.0 Å². The molecule has 0 atom stereocenters. The summed E-state index contributed by atoms with van der Waals surface area (Å²) in [6.45, 7) is 2.83. The Morgan fingerprint density at radius 1 is 1.04 bits per heavy atom. The molecule has 7 heteroatoms. The lowest BCUT2D eigenvalue weighted by atomic mass is 10.1. The molecule has 0 aliphatic carbocycles. The zero-order chi connectivity index (χ0) is 18.7. The van der Waals surface area contributed by atoms with Crippen molar-refractivity contribution in [2.45, 2.75) is 12.7 Å². The molecule has 0 spiro atoms. The minimum absolute atomic E-state index is 0.0322. The number of halogens is 1. The van der Waals surface area contributed by atoms with Gasteiger partial charge in [0.15, 0.2) is 5.78 Å². The van der Waals surface area contributed by atoms with Gasteiger partial charge in [0.05, 0.1) is 11.4 Å². The molecule has 1 aliphatic heterocycles. The number of ketones is 1. The Balaban J connectivity index is 1.66. The second-order valence-corrected chi connectivity index (χ2v) is 8.32. The highest BCUT2D eigenvalue weighted by Crippen LogP contribution is 2.23. The Labute approximate surface area is 153 Å². The highest BCUT2D eigenvalue weighted by Gasteiger charge is 2.28. The molecular formula is C19H21FN2O3S. The highest BCUT2D eigenvalue weighted by atomic mass is 32.2. The number of sulfonamides is 1. The van der Waals surface area contributed by atoms with Crippen LogP contribution >= 0.6 is 0 Å². The number of anilines is 1. The number of carbonyl (C=O) groups is 1. The first kappa shape index (κ1) is 18.5. The van der Waals surface area contributed by atoms with Crippen LogP contribution in [0.2, 0.25) is 0 Å². The van der Waals surface area contributed by atoms with Gasteiger partial charge in [-0.3, -0.25) is 4.79 Å². The van der Waals surface area contributed by atoms with E-state index in [1.54, 1.807) is 24.3 Å². The van der Waals surface area contributed by atoms with E-state index < -0.39 is 15.8 Å². The average molecular weight is 376 g/mol. The Bertz CT molecular complexity index is 892. The number of benzene rings is 2.